The molecule has 7 heteroatoms. The Morgan fingerprint density at radius 2 is 1.65 bits per heavy atom. The summed E-state index contributed by atoms with van der Waals surface area (Å²) in [6, 6.07) is 6.61. The maximum atomic E-state index is 12.1. The van der Waals surface area contributed by atoms with Gasteiger partial charge in [-0.1, -0.05) is 17.7 Å². The molecule has 0 unspecified atom stereocenters. The van der Waals surface area contributed by atoms with Gasteiger partial charge in [0.15, 0.2) is 5.79 Å². The van der Waals surface area contributed by atoms with E-state index in [1.807, 2.05) is 6.92 Å². The molecule has 0 bridgehead atoms. The van der Waals surface area contributed by atoms with Gasteiger partial charge in [0.2, 0.25) is 0 Å². The third kappa shape index (κ3) is 4.84. The summed E-state index contributed by atoms with van der Waals surface area (Å²) >= 11 is 0. The predicted octanol–water partition coefficient (Wildman–Crippen LogP) is 2.92. The number of aryl methyl sites for hydroxylation is 1. The molecular formula is C19H28O6S. The number of hydrogen-bond acceptors (Lipinski definition) is 6. The van der Waals surface area contributed by atoms with Crippen LogP contribution in [0.1, 0.15) is 50.5 Å². The first-order valence-corrected chi connectivity index (χ1v) is 10.7. The van der Waals surface area contributed by atoms with Crippen LogP contribution in [0.25, 0.3) is 0 Å². The summed E-state index contributed by atoms with van der Waals surface area (Å²) in [5.41, 5.74) is 0.288. The van der Waals surface area contributed by atoms with Crippen LogP contribution in [0.5, 0.6) is 0 Å². The first kappa shape index (κ1) is 19.8. The standard InChI is InChI=1S/C19H28O6S/c1-16-4-6-17(7-5-16)26(21,22)25-13-3-2-8-18(20)9-11-19(12-10-18)23-14-15-24-19/h4-7,20H,2-3,8-15H2,1H3. The fourth-order valence-corrected chi connectivity index (χ4v) is 4.57. The second kappa shape index (κ2) is 7.94. The average Bonchev–Trinajstić information content (AvgIpc) is 3.07. The molecule has 146 valence electrons. The van der Waals surface area contributed by atoms with Gasteiger partial charge in [0.25, 0.3) is 10.1 Å². The van der Waals surface area contributed by atoms with Crippen LogP contribution in [0.4, 0.5) is 0 Å². The smallest absolute Gasteiger partial charge is 0.296 e. The van der Waals surface area contributed by atoms with Gasteiger partial charge in [-0.3, -0.25) is 4.18 Å². The van der Waals surface area contributed by atoms with Gasteiger partial charge in [0.1, 0.15) is 0 Å². The Kier molecular flexibility index (Phi) is 6.04. The largest absolute Gasteiger partial charge is 0.390 e. The average molecular weight is 384 g/mol. The van der Waals surface area contributed by atoms with Gasteiger partial charge in [-0.25, -0.2) is 0 Å². The van der Waals surface area contributed by atoms with Crippen LogP contribution in [-0.4, -0.2) is 44.7 Å². The zero-order valence-corrected chi connectivity index (χ0v) is 16.1. The topological polar surface area (TPSA) is 82.1 Å². The Morgan fingerprint density at radius 3 is 2.27 bits per heavy atom. The summed E-state index contributed by atoms with van der Waals surface area (Å²) < 4.78 is 40.7. The molecule has 6 nitrogen and oxygen atoms in total. The van der Waals surface area contributed by atoms with Crippen molar-refractivity contribution in [3.8, 4) is 0 Å². The summed E-state index contributed by atoms with van der Waals surface area (Å²) in [5, 5.41) is 10.7. The molecule has 1 saturated carbocycles. The van der Waals surface area contributed by atoms with E-state index in [0.29, 0.717) is 58.2 Å². The van der Waals surface area contributed by atoms with Crippen molar-refractivity contribution in [3.63, 3.8) is 0 Å². The lowest BCUT2D eigenvalue weighted by atomic mass is 9.78. The van der Waals surface area contributed by atoms with E-state index in [1.165, 1.54) is 0 Å². The minimum atomic E-state index is -3.71. The summed E-state index contributed by atoms with van der Waals surface area (Å²) in [4.78, 5) is 0.177. The zero-order chi connectivity index (χ0) is 18.7. The highest BCUT2D eigenvalue weighted by atomic mass is 32.2. The zero-order valence-electron chi connectivity index (χ0n) is 15.3. The van der Waals surface area contributed by atoms with Gasteiger partial charge >= 0.3 is 0 Å². The molecule has 2 fully saturated rings. The van der Waals surface area contributed by atoms with E-state index < -0.39 is 21.5 Å². The van der Waals surface area contributed by atoms with E-state index in [2.05, 4.69) is 0 Å². The molecule has 0 atom stereocenters. The fraction of sp³-hybridized carbons (Fsp3) is 0.684. The molecule has 1 aromatic rings. The van der Waals surface area contributed by atoms with Gasteiger partial charge in [-0.2, -0.15) is 8.42 Å². The van der Waals surface area contributed by atoms with Crippen LogP contribution in [0.3, 0.4) is 0 Å². The number of rotatable bonds is 7. The van der Waals surface area contributed by atoms with Crippen molar-refractivity contribution in [2.24, 2.45) is 0 Å². The van der Waals surface area contributed by atoms with Crippen molar-refractivity contribution in [1.82, 2.24) is 0 Å². The molecule has 1 saturated heterocycles. The molecular weight excluding hydrogens is 356 g/mol. The van der Waals surface area contributed by atoms with Crippen LogP contribution in [0, 0.1) is 6.92 Å². The molecule has 1 N–H and O–H groups in total. The Balaban J connectivity index is 1.38. The minimum Gasteiger partial charge on any atom is -0.390 e. The summed E-state index contributed by atoms with van der Waals surface area (Å²) in [6.45, 7) is 3.29. The van der Waals surface area contributed by atoms with Gasteiger partial charge in [-0.05, 0) is 51.2 Å². The summed E-state index contributed by atoms with van der Waals surface area (Å²) in [7, 11) is -3.71. The third-order valence-corrected chi connectivity index (χ3v) is 6.67. The lowest BCUT2D eigenvalue weighted by molar-refractivity contribution is -0.203. The van der Waals surface area contributed by atoms with Gasteiger partial charge < -0.3 is 14.6 Å². The van der Waals surface area contributed by atoms with Crippen LogP contribution in [0.2, 0.25) is 0 Å². The van der Waals surface area contributed by atoms with Crippen LogP contribution >= 0.6 is 0 Å². The van der Waals surface area contributed by atoms with Gasteiger partial charge in [0.05, 0.1) is 30.3 Å². The minimum absolute atomic E-state index is 0.127. The number of hydrogen-bond donors (Lipinski definition) is 1. The lowest BCUT2D eigenvalue weighted by Crippen LogP contribution is -2.43. The number of benzene rings is 1. The molecule has 1 aliphatic heterocycles. The van der Waals surface area contributed by atoms with Crippen molar-refractivity contribution >= 4 is 10.1 Å². The molecule has 0 amide bonds. The number of ether oxygens (including phenoxy) is 2. The van der Waals surface area contributed by atoms with Crippen LogP contribution in [0.15, 0.2) is 29.2 Å². The fourth-order valence-electron chi connectivity index (χ4n) is 3.63. The van der Waals surface area contributed by atoms with E-state index in [4.69, 9.17) is 13.7 Å². The van der Waals surface area contributed by atoms with E-state index >= 15 is 0 Å². The maximum Gasteiger partial charge on any atom is 0.296 e. The van der Waals surface area contributed by atoms with Gasteiger partial charge in [-0.15, -0.1) is 0 Å². The Bertz CT molecular complexity index is 681. The molecule has 1 aromatic carbocycles. The normalized spacial score (nSPS) is 21.9. The van der Waals surface area contributed by atoms with E-state index in [1.54, 1.807) is 24.3 Å². The quantitative estimate of drug-likeness (QED) is 0.575. The monoisotopic (exact) mass is 384 g/mol. The highest BCUT2D eigenvalue weighted by Crippen LogP contribution is 2.42. The first-order chi connectivity index (χ1) is 12.3. The van der Waals surface area contributed by atoms with Crippen molar-refractivity contribution in [1.29, 1.82) is 0 Å². The number of aliphatic hydroxyl groups is 1. The first-order valence-electron chi connectivity index (χ1n) is 9.29. The van der Waals surface area contributed by atoms with Crippen molar-refractivity contribution in [2.75, 3.05) is 19.8 Å². The van der Waals surface area contributed by atoms with E-state index in [-0.39, 0.29) is 11.5 Å². The Hall–Kier alpha value is -0.990. The summed E-state index contributed by atoms with van der Waals surface area (Å²) in [6.07, 6.45) is 4.66. The van der Waals surface area contributed by atoms with Crippen molar-refractivity contribution in [2.45, 2.75) is 68.2 Å². The maximum absolute atomic E-state index is 12.1. The SMILES string of the molecule is Cc1ccc(S(=O)(=O)OCCCCC2(O)CCC3(CC2)OCCO3)cc1. The summed E-state index contributed by atoms with van der Waals surface area (Å²) in [5.74, 6) is -0.475. The second-order valence-corrected chi connectivity index (χ2v) is 8.99. The molecule has 1 aliphatic carbocycles. The lowest BCUT2D eigenvalue weighted by Gasteiger charge is -2.40. The molecule has 26 heavy (non-hydrogen) atoms. The van der Waals surface area contributed by atoms with E-state index in [0.717, 1.165) is 5.56 Å². The highest BCUT2D eigenvalue weighted by Gasteiger charge is 2.45. The second-order valence-electron chi connectivity index (χ2n) is 7.38. The highest BCUT2D eigenvalue weighted by molar-refractivity contribution is 7.86. The van der Waals surface area contributed by atoms with Crippen LogP contribution in [-0.2, 0) is 23.8 Å². The molecule has 0 radical (unpaired) electrons. The van der Waals surface area contributed by atoms with Crippen molar-refractivity contribution < 1.29 is 27.2 Å². The van der Waals surface area contributed by atoms with Crippen molar-refractivity contribution in [3.05, 3.63) is 29.8 Å². The molecule has 1 spiro atoms. The molecule has 0 aromatic heterocycles. The number of unbranched alkanes of at least 4 members (excludes halogenated alkanes) is 1. The molecule has 3 rings (SSSR count). The molecule has 1 heterocycles. The Labute approximate surface area is 155 Å². The predicted molar refractivity (Wildman–Crippen MR) is 96.2 cm³/mol. The third-order valence-electron chi connectivity index (χ3n) is 5.34. The van der Waals surface area contributed by atoms with E-state index in [9.17, 15) is 13.5 Å². The van der Waals surface area contributed by atoms with Crippen LogP contribution < -0.4 is 0 Å². The Morgan fingerprint density at radius 1 is 1.04 bits per heavy atom. The van der Waals surface area contributed by atoms with Gasteiger partial charge in [0, 0.05) is 12.8 Å². The molecule has 2 aliphatic rings.